The van der Waals surface area contributed by atoms with Crippen LogP contribution < -0.4 is 10.6 Å². The lowest BCUT2D eigenvalue weighted by Crippen LogP contribution is -2.04. The van der Waals surface area contributed by atoms with E-state index in [1.165, 1.54) is 0 Å². The number of rotatable bonds is 5. The summed E-state index contributed by atoms with van der Waals surface area (Å²) in [4.78, 5) is 5.56. The largest absolute Gasteiger partial charge is 0.494 e. The quantitative estimate of drug-likeness (QED) is 0.642. The van der Waals surface area contributed by atoms with Crippen molar-refractivity contribution in [2.24, 2.45) is 5.90 Å². The lowest BCUT2D eigenvalue weighted by molar-refractivity contribution is 0.141. The van der Waals surface area contributed by atoms with Crippen molar-refractivity contribution in [2.75, 3.05) is 20.0 Å². The SMILES string of the molecule is COc1c(Cl)cc(CCON)cc1SC. The Balaban J connectivity index is 2.97. The van der Waals surface area contributed by atoms with Gasteiger partial charge in [0.05, 0.1) is 23.6 Å². The third kappa shape index (κ3) is 3.28. The fourth-order valence-corrected chi connectivity index (χ4v) is 2.32. The molecule has 15 heavy (non-hydrogen) atoms. The second-order valence-electron chi connectivity index (χ2n) is 2.93. The molecule has 0 aliphatic heterocycles. The van der Waals surface area contributed by atoms with Gasteiger partial charge in [0, 0.05) is 0 Å². The van der Waals surface area contributed by atoms with E-state index in [-0.39, 0.29) is 0 Å². The van der Waals surface area contributed by atoms with Crippen LogP contribution in [-0.2, 0) is 11.3 Å². The van der Waals surface area contributed by atoms with Gasteiger partial charge in [-0.1, -0.05) is 11.6 Å². The predicted octanol–water partition coefficient (Wildman–Crippen LogP) is 2.50. The highest BCUT2D eigenvalue weighted by atomic mass is 35.5. The normalized spacial score (nSPS) is 10.4. The van der Waals surface area contributed by atoms with Gasteiger partial charge in [-0.15, -0.1) is 11.8 Å². The first-order valence-corrected chi connectivity index (χ1v) is 6.05. The van der Waals surface area contributed by atoms with E-state index in [2.05, 4.69) is 4.84 Å². The maximum atomic E-state index is 6.08. The Kier molecular flexibility index (Phi) is 5.25. The first-order valence-electron chi connectivity index (χ1n) is 4.45. The molecule has 0 aliphatic carbocycles. The molecule has 1 rings (SSSR count). The van der Waals surface area contributed by atoms with Crippen LogP contribution in [0.3, 0.4) is 0 Å². The van der Waals surface area contributed by atoms with Gasteiger partial charge >= 0.3 is 0 Å². The van der Waals surface area contributed by atoms with Crippen molar-refractivity contribution in [2.45, 2.75) is 11.3 Å². The average molecular weight is 248 g/mol. The fourth-order valence-electron chi connectivity index (χ4n) is 1.29. The Bertz CT molecular complexity index is 333. The Morgan fingerprint density at radius 1 is 1.47 bits per heavy atom. The van der Waals surface area contributed by atoms with Crippen molar-refractivity contribution >= 4 is 23.4 Å². The molecule has 0 radical (unpaired) electrons. The predicted molar refractivity (Wildman–Crippen MR) is 63.6 cm³/mol. The van der Waals surface area contributed by atoms with Gasteiger partial charge < -0.3 is 9.57 Å². The smallest absolute Gasteiger partial charge is 0.150 e. The summed E-state index contributed by atoms with van der Waals surface area (Å²) in [5.41, 5.74) is 1.09. The first-order chi connectivity index (χ1) is 7.22. The molecule has 5 heteroatoms. The van der Waals surface area contributed by atoms with E-state index >= 15 is 0 Å². The van der Waals surface area contributed by atoms with E-state index < -0.39 is 0 Å². The van der Waals surface area contributed by atoms with Gasteiger partial charge in [-0.05, 0) is 30.4 Å². The summed E-state index contributed by atoms with van der Waals surface area (Å²) >= 11 is 7.68. The molecule has 0 saturated carbocycles. The maximum absolute atomic E-state index is 6.08. The Morgan fingerprint density at radius 2 is 2.20 bits per heavy atom. The molecule has 0 heterocycles. The molecule has 0 unspecified atom stereocenters. The van der Waals surface area contributed by atoms with Crippen LogP contribution in [0.2, 0.25) is 5.02 Å². The van der Waals surface area contributed by atoms with Crippen molar-refractivity contribution in [1.82, 2.24) is 0 Å². The van der Waals surface area contributed by atoms with E-state index in [1.807, 2.05) is 18.4 Å². The zero-order chi connectivity index (χ0) is 11.3. The zero-order valence-electron chi connectivity index (χ0n) is 8.75. The van der Waals surface area contributed by atoms with E-state index in [1.54, 1.807) is 18.9 Å². The maximum Gasteiger partial charge on any atom is 0.150 e. The number of halogens is 1. The minimum Gasteiger partial charge on any atom is -0.494 e. The van der Waals surface area contributed by atoms with Crippen LogP contribution >= 0.6 is 23.4 Å². The molecule has 1 aromatic carbocycles. The topological polar surface area (TPSA) is 44.5 Å². The van der Waals surface area contributed by atoms with Crippen LogP contribution in [-0.4, -0.2) is 20.0 Å². The molecule has 0 aliphatic rings. The van der Waals surface area contributed by atoms with Crippen LogP contribution in [0.5, 0.6) is 5.75 Å². The number of hydrogen-bond acceptors (Lipinski definition) is 4. The lowest BCUT2D eigenvalue weighted by Gasteiger charge is -2.10. The molecule has 0 atom stereocenters. The van der Waals surface area contributed by atoms with E-state index in [9.17, 15) is 0 Å². The second-order valence-corrected chi connectivity index (χ2v) is 4.19. The zero-order valence-corrected chi connectivity index (χ0v) is 10.3. The van der Waals surface area contributed by atoms with Crippen molar-refractivity contribution in [3.8, 4) is 5.75 Å². The van der Waals surface area contributed by atoms with Crippen LogP contribution in [0.25, 0.3) is 0 Å². The molecule has 1 aromatic rings. The number of nitrogens with two attached hydrogens (primary N) is 1. The molecule has 0 bridgehead atoms. The van der Waals surface area contributed by atoms with Gasteiger partial charge in [0.15, 0.2) is 5.75 Å². The minimum absolute atomic E-state index is 0.483. The molecule has 0 saturated heterocycles. The molecular weight excluding hydrogens is 234 g/mol. The number of benzene rings is 1. The summed E-state index contributed by atoms with van der Waals surface area (Å²) in [6, 6.07) is 3.91. The standard InChI is InChI=1S/C10H14ClNO2S/c1-13-10-8(11)5-7(3-4-14-12)6-9(10)15-2/h5-6H,3-4,12H2,1-2H3. The Labute approximate surface area is 98.8 Å². The average Bonchev–Trinajstić information content (AvgIpc) is 2.25. The van der Waals surface area contributed by atoms with Crippen LogP contribution in [0, 0.1) is 0 Å². The molecule has 3 nitrogen and oxygen atoms in total. The summed E-state index contributed by atoms with van der Waals surface area (Å²) in [5, 5.41) is 0.622. The third-order valence-electron chi connectivity index (χ3n) is 2.00. The molecule has 0 aromatic heterocycles. The molecule has 2 N–H and O–H groups in total. The van der Waals surface area contributed by atoms with Crippen LogP contribution in [0.15, 0.2) is 17.0 Å². The van der Waals surface area contributed by atoms with Gasteiger partial charge in [-0.3, -0.25) is 0 Å². The summed E-state index contributed by atoms with van der Waals surface area (Å²) < 4.78 is 5.22. The Morgan fingerprint density at radius 3 is 2.73 bits per heavy atom. The van der Waals surface area contributed by atoms with E-state index in [4.69, 9.17) is 22.2 Å². The first kappa shape index (κ1) is 12.6. The van der Waals surface area contributed by atoms with Crippen molar-refractivity contribution < 1.29 is 9.57 Å². The van der Waals surface area contributed by atoms with Crippen LogP contribution in [0.4, 0.5) is 0 Å². The molecular formula is C10H14ClNO2S. The summed E-state index contributed by atoms with van der Waals surface area (Å²) in [7, 11) is 1.61. The molecule has 0 fully saturated rings. The lowest BCUT2D eigenvalue weighted by atomic mass is 10.1. The summed E-state index contributed by atoms with van der Waals surface area (Å²) in [6.45, 7) is 0.483. The fraction of sp³-hybridized carbons (Fsp3) is 0.400. The van der Waals surface area contributed by atoms with Crippen molar-refractivity contribution in [3.05, 3.63) is 22.7 Å². The monoisotopic (exact) mass is 247 g/mol. The van der Waals surface area contributed by atoms with Crippen molar-refractivity contribution in [3.63, 3.8) is 0 Å². The molecule has 84 valence electrons. The highest BCUT2D eigenvalue weighted by Crippen LogP contribution is 2.35. The summed E-state index contributed by atoms with van der Waals surface area (Å²) in [6.07, 6.45) is 2.73. The minimum atomic E-state index is 0.483. The van der Waals surface area contributed by atoms with E-state index in [0.717, 1.165) is 22.6 Å². The van der Waals surface area contributed by atoms with Gasteiger partial charge in [0.25, 0.3) is 0 Å². The van der Waals surface area contributed by atoms with Crippen molar-refractivity contribution in [1.29, 1.82) is 0 Å². The van der Waals surface area contributed by atoms with Gasteiger partial charge in [0.1, 0.15) is 0 Å². The Hall–Kier alpha value is -0.420. The third-order valence-corrected chi connectivity index (χ3v) is 3.03. The van der Waals surface area contributed by atoms with Gasteiger partial charge in [-0.2, -0.15) is 0 Å². The summed E-state index contributed by atoms with van der Waals surface area (Å²) in [5.74, 6) is 5.70. The number of ether oxygens (including phenoxy) is 1. The second kappa shape index (κ2) is 6.23. The number of thioether (sulfide) groups is 1. The molecule has 0 spiro atoms. The van der Waals surface area contributed by atoms with Crippen LogP contribution in [0.1, 0.15) is 5.56 Å². The van der Waals surface area contributed by atoms with Gasteiger partial charge in [-0.25, -0.2) is 5.90 Å². The number of methoxy groups -OCH3 is 1. The highest BCUT2D eigenvalue weighted by Gasteiger charge is 2.09. The highest BCUT2D eigenvalue weighted by molar-refractivity contribution is 7.98. The van der Waals surface area contributed by atoms with Gasteiger partial charge in [0.2, 0.25) is 0 Å². The number of hydrogen-bond donors (Lipinski definition) is 1. The van der Waals surface area contributed by atoms with E-state index in [0.29, 0.717) is 11.6 Å². The molecule has 0 amide bonds.